The van der Waals surface area contributed by atoms with Crippen LogP contribution in [0.15, 0.2) is 24.3 Å². The van der Waals surface area contributed by atoms with Gasteiger partial charge in [0.25, 0.3) is 0 Å². The van der Waals surface area contributed by atoms with Crippen molar-refractivity contribution in [1.82, 2.24) is 10.3 Å². The van der Waals surface area contributed by atoms with E-state index < -0.39 is 0 Å². The first kappa shape index (κ1) is 11.4. The number of anilines is 1. The van der Waals surface area contributed by atoms with Crippen LogP contribution in [-0.2, 0) is 12.8 Å². The smallest absolute Gasteiger partial charge is 0.186 e. The molecule has 2 aromatic rings. The normalized spacial score (nSPS) is 18.0. The van der Waals surface area contributed by atoms with Crippen LogP contribution in [0.3, 0.4) is 0 Å². The van der Waals surface area contributed by atoms with E-state index in [0.717, 1.165) is 39.0 Å². The molecule has 1 saturated heterocycles. The summed E-state index contributed by atoms with van der Waals surface area (Å²) in [6, 6.07) is 8.71. The molecule has 1 aromatic heterocycles. The highest BCUT2D eigenvalue weighted by atomic mass is 32.1. The van der Waals surface area contributed by atoms with E-state index in [1.807, 2.05) is 11.3 Å². The van der Waals surface area contributed by atoms with Crippen LogP contribution in [0, 0.1) is 0 Å². The van der Waals surface area contributed by atoms with Gasteiger partial charge in [0.2, 0.25) is 0 Å². The summed E-state index contributed by atoms with van der Waals surface area (Å²) < 4.78 is 0. The van der Waals surface area contributed by atoms with Gasteiger partial charge in [0.15, 0.2) is 5.13 Å². The average molecular weight is 271 g/mol. The van der Waals surface area contributed by atoms with Crippen LogP contribution in [0.1, 0.15) is 10.4 Å². The molecule has 1 N–H and O–H groups in total. The number of hydrogen-bond acceptors (Lipinski definition) is 4. The number of piperazine rings is 1. The zero-order valence-electron chi connectivity index (χ0n) is 10.9. The molecule has 19 heavy (non-hydrogen) atoms. The van der Waals surface area contributed by atoms with Gasteiger partial charge in [-0.2, -0.15) is 0 Å². The molecule has 1 fully saturated rings. The van der Waals surface area contributed by atoms with Crippen LogP contribution in [0.5, 0.6) is 0 Å². The molecular weight excluding hydrogens is 254 g/mol. The summed E-state index contributed by atoms with van der Waals surface area (Å²) in [6.07, 6.45) is 2.31. The number of hydrogen-bond donors (Lipinski definition) is 1. The Kier molecular flexibility index (Phi) is 2.78. The molecule has 1 aromatic carbocycles. The minimum atomic E-state index is 1.07. The Morgan fingerprint density at radius 2 is 1.95 bits per heavy atom. The molecule has 98 valence electrons. The highest BCUT2D eigenvalue weighted by Crippen LogP contribution is 2.39. The van der Waals surface area contributed by atoms with E-state index in [1.54, 1.807) is 0 Å². The van der Waals surface area contributed by atoms with E-state index in [0.29, 0.717) is 0 Å². The first-order chi connectivity index (χ1) is 9.42. The van der Waals surface area contributed by atoms with Gasteiger partial charge in [0.05, 0.1) is 5.69 Å². The molecule has 0 amide bonds. The van der Waals surface area contributed by atoms with Crippen molar-refractivity contribution in [1.29, 1.82) is 0 Å². The minimum Gasteiger partial charge on any atom is -0.346 e. The second-order valence-electron chi connectivity index (χ2n) is 5.16. The summed E-state index contributed by atoms with van der Waals surface area (Å²) in [4.78, 5) is 8.82. The van der Waals surface area contributed by atoms with Crippen LogP contribution in [0.4, 0.5) is 5.13 Å². The number of thiazole rings is 1. The largest absolute Gasteiger partial charge is 0.346 e. The molecule has 4 rings (SSSR count). The summed E-state index contributed by atoms with van der Waals surface area (Å²) in [6.45, 7) is 4.30. The summed E-state index contributed by atoms with van der Waals surface area (Å²) >= 11 is 1.89. The Bertz CT molecular complexity index is 599. The molecule has 2 aliphatic rings. The summed E-state index contributed by atoms with van der Waals surface area (Å²) in [5.74, 6) is 0. The Labute approximate surface area is 117 Å². The van der Waals surface area contributed by atoms with Gasteiger partial charge in [-0.25, -0.2) is 4.98 Å². The van der Waals surface area contributed by atoms with Crippen molar-refractivity contribution >= 4 is 16.5 Å². The zero-order valence-corrected chi connectivity index (χ0v) is 11.7. The molecule has 0 atom stereocenters. The van der Waals surface area contributed by atoms with Crippen molar-refractivity contribution < 1.29 is 0 Å². The molecule has 2 heterocycles. The van der Waals surface area contributed by atoms with Crippen LogP contribution < -0.4 is 10.2 Å². The number of benzene rings is 1. The lowest BCUT2D eigenvalue weighted by atomic mass is 9.94. The molecule has 0 bridgehead atoms. The first-order valence-corrected chi connectivity index (χ1v) is 7.77. The Morgan fingerprint density at radius 3 is 2.84 bits per heavy atom. The van der Waals surface area contributed by atoms with E-state index >= 15 is 0 Å². The number of nitrogens with zero attached hydrogens (tertiary/aromatic N) is 2. The Morgan fingerprint density at radius 1 is 1.11 bits per heavy atom. The van der Waals surface area contributed by atoms with E-state index in [2.05, 4.69) is 34.5 Å². The molecule has 1 aliphatic heterocycles. The third-order valence-corrected chi connectivity index (χ3v) is 5.14. The zero-order chi connectivity index (χ0) is 12.7. The number of rotatable bonds is 1. The maximum atomic E-state index is 4.93. The maximum Gasteiger partial charge on any atom is 0.186 e. The predicted molar refractivity (Wildman–Crippen MR) is 80.0 cm³/mol. The first-order valence-electron chi connectivity index (χ1n) is 6.95. The van der Waals surface area contributed by atoms with Gasteiger partial charge in [-0.3, -0.25) is 0 Å². The van der Waals surface area contributed by atoms with Crippen LogP contribution in [0.2, 0.25) is 0 Å². The average Bonchev–Trinajstić information content (AvgIpc) is 2.93. The third-order valence-electron chi connectivity index (χ3n) is 3.97. The lowest BCUT2D eigenvalue weighted by Gasteiger charge is -2.26. The summed E-state index contributed by atoms with van der Waals surface area (Å²) in [5.41, 5.74) is 4.04. The van der Waals surface area contributed by atoms with Gasteiger partial charge in [-0.1, -0.05) is 24.3 Å². The second kappa shape index (κ2) is 4.62. The van der Waals surface area contributed by atoms with E-state index in [-0.39, 0.29) is 0 Å². The van der Waals surface area contributed by atoms with Gasteiger partial charge >= 0.3 is 0 Å². The summed E-state index contributed by atoms with van der Waals surface area (Å²) in [7, 11) is 0. The molecular formula is C15H17N3S. The Balaban J connectivity index is 1.74. The number of fused-ring (bicyclic) bond motifs is 3. The Hall–Kier alpha value is -1.39. The van der Waals surface area contributed by atoms with Crippen molar-refractivity contribution in [3.8, 4) is 11.3 Å². The number of aryl methyl sites for hydroxylation is 2. The van der Waals surface area contributed by atoms with Crippen molar-refractivity contribution in [2.45, 2.75) is 12.8 Å². The molecule has 0 saturated carbocycles. The topological polar surface area (TPSA) is 28.2 Å². The minimum absolute atomic E-state index is 1.07. The van der Waals surface area contributed by atoms with Crippen molar-refractivity contribution in [3.63, 3.8) is 0 Å². The monoisotopic (exact) mass is 271 g/mol. The molecule has 0 unspecified atom stereocenters. The molecule has 3 nitrogen and oxygen atoms in total. The fourth-order valence-electron chi connectivity index (χ4n) is 2.93. The lowest BCUT2D eigenvalue weighted by Crippen LogP contribution is -2.43. The third kappa shape index (κ3) is 1.95. The SMILES string of the molecule is c1ccc2c(c1)CCc1sc(N3CCNCC3)nc1-2. The van der Waals surface area contributed by atoms with Crippen LogP contribution >= 0.6 is 11.3 Å². The highest BCUT2D eigenvalue weighted by Gasteiger charge is 2.23. The molecule has 1 aliphatic carbocycles. The van der Waals surface area contributed by atoms with E-state index in [1.165, 1.54) is 26.8 Å². The van der Waals surface area contributed by atoms with Gasteiger partial charge in [0, 0.05) is 36.6 Å². The standard InChI is InChI=1S/C15H17N3S/c1-2-4-12-11(3-1)5-6-13-14(12)17-15(19-13)18-9-7-16-8-10-18/h1-4,16H,5-10H2. The maximum absolute atomic E-state index is 4.93. The lowest BCUT2D eigenvalue weighted by molar-refractivity contribution is 0.588. The van der Waals surface area contributed by atoms with Gasteiger partial charge < -0.3 is 10.2 Å². The molecule has 0 spiro atoms. The van der Waals surface area contributed by atoms with E-state index in [4.69, 9.17) is 4.98 Å². The van der Waals surface area contributed by atoms with Crippen LogP contribution in [0.25, 0.3) is 11.3 Å². The van der Waals surface area contributed by atoms with Gasteiger partial charge in [-0.05, 0) is 18.4 Å². The van der Waals surface area contributed by atoms with Crippen molar-refractivity contribution in [3.05, 3.63) is 34.7 Å². The van der Waals surface area contributed by atoms with Gasteiger partial charge in [0.1, 0.15) is 0 Å². The van der Waals surface area contributed by atoms with Crippen LogP contribution in [-0.4, -0.2) is 31.2 Å². The predicted octanol–water partition coefficient (Wildman–Crippen LogP) is 2.32. The molecule has 4 heteroatoms. The molecule has 0 radical (unpaired) electrons. The van der Waals surface area contributed by atoms with Crippen molar-refractivity contribution in [2.75, 3.05) is 31.1 Å². The second-order valence-corrected chi connectivity index (χ2v) is 6.22. The number of nitrogens with one attached hydrogen (secondary N) is 1. The van der Waals surface area contributed by atoms with E-state index in [9.17, 15) is 0 Å². The van der Waals surface area contributed by atoms with Crippen molar-refractivity contribution in [2.24, 2.45) is 0 Å². The fourth-order valence-corrected chi connectivity index (χ4v) is 4.05. The summed E-state index contributed by atoms with van der Waals surface area (Å²) in [5, 5.41) is 4.61. The fraction of sp³-hybridized carbons (Fsp3) is 0.400. The van der Waals surface area contributed by atoms with Gasteiger partial charge in [-0.15, -0.1) is 11.3 Å². The highest BCUT2D eigenvalue weighted by molar-refractivity contribution is 7.16. The quantitative estimate of drug-likeness (QED) is 0.863. The number of aromatic nitrogens is 1.